The Hall–Kier alpha value is -1.76. The van der Waals surface area contributed by atoms with E-state index in [0.717, 1.165) is 6.54 Å². The molecular weight excluding hydrogens is 204 g/mol. The standard InChI is InChI=1S/C12H16N2O2/c1-4-5-6-16-12(15)11-7-13-14(9-11)8-10(2)3/h7,9-10H,6,8H2,1-3H3. The Balaban J connectivity index is 2.55. The van der Waals surface area contributed by atoms with E-state index in [1.165, 1.54) is 6.20 Å². The van der Waals surface area contributed by atoms with Gasteiger partial charge in [0.2, 0.25) is 0 Å². The first-order valence-corrected chi connectivity index (χ1v) is 5.22. The summed E-state index contributed by atoms with van der Waals surface area (Å²) in [5, 5.41) is 4.09. The molecule has 0 aliphatic rings. The monoisotopic (exact) mass is 220 g/mol. The summed E-state index contributed by atoms with van der Waals surface area (Å²) in [7, 11) is 0. The van der Waals surface area contributed by atoms with Crippen LogP contribution in [0, 0.1) is 17.8 Å². The molecular formula is C12H16N2O2. The Bertz CT molecular complexity index is 410. The van der Waals surface area contributed by atoms with Gasteiger partial charge in [-0.3, -0.25) is 4.68 Å². The molecule has 0 aromatic carbocycles. The second-order valence-corrected chi connectivity index (χ2v) is 3.85. The van der Waals surface area contributed by atoms with Crippen LogP contribution in [0.25, 0.3) is 0 Å². The summed E-state index contributed by atoms with van der Waals surface area (Å²) in [6.45, 7) is 6.81. The fourth-order valence-electron chi connectivity index (χ4n) is 1.20. The smallest absolute Gasteiger partial charge is 0.342 e. The minimum Gasteiger partial charge on any atom is -0.449 e. The zero-order chi connectivity index (χ0) is 12.0. The van der Waals surface area contributed by atoms with Gasteiger partial charge in [0, 0.05) is 12.7 Å². The molecule has 0 unspecified atom stereocenters. The number of ether oxygens (including phenoxy) is 1. The molecule has 0 N–H and O–H groups in total. The van der Waals surface area contributed by atoms with E-state index in [1.54, 1.807) is 17.8 Å². The van der Waals surface area contributed by atoms with Crippen LogP contribution in [0.5, 0.6) is 0 Å². The van der Waals surface area contributed by atoms with Crippen molar-refractivity contribution >= 4 is 5.97 Å². The van der Waals surface area contributed by atoms with Gasteiger partial charge in [0.15, 0.2) is 6.61 Å². The van der Waals surface area contributed by atoms with Crippen LogP contribution in [0.1, 0.15) is 31.1 Å². The lowest BCUT2D eigenvalue weighted by molar-refractivity contribution is 0.0556. The van der Waals surface area contributed by atoms with Gasteiger partial charge in [-0.2, -0.15) is 5.10 Å². The topological polar surface area (TPSA) is 44.1 Å². The first kappa shape index (κ1) is 12.3. The number of hydrogen-bond donors (Lipinski definition) is 0. The second kappa shape index (κ2) is 5.96. The Morgan fingerprint density at radius 1 is 1.62 bits per heavy atom. The Morgan fingerprint density at radius 3 is 3.00 bits per heavy atom. The van der Waals surface area contributed by atoms with Crippen LogP contribution in [0.2, 0.25) is 0 Å². The van der Waals surface area contributed by atoms with Crippen LogP contribution >= 0.6 is 0 Å². The average molecular weight is 220 g/mol. The molecule has 1 aromatic heterocycles. The van der Waals surface area contributed by atoms with E-state index in [2.05, 4.69) is 30.8 Å². The first-order chi connectivity index (χ1) is 7.63. The third kappa shape index (κ3) is 3.77. The van der Waals surface area contributed by atoms with Crippen molar-refractivity contribution < 1.29 is 9.53 Å². The fraction of sp³-hybridized carbons (Fsp3) is 0.500. The highest BCUT2D eigenvalue weighted by Gasteiger charge is 2.09. The summed E-state index contributed by atoms with van der Waals surface area (Å²) in [5.41, 5.74) is 0.471. The molecule has 0 fully saturated rings. The Morgan fingerprint density at radius 2 is 2.38 bits per heavy atom. The number of aromatic nitrogens is 2. The first-order valence-electron chi connectivity index (χ1n) is 5.22. The zero-order valence-electron chi connectivity index (χ0n) is 9.86. The molecule has 0 amide bonds. The van der Waals surface area contributed by atoms with Gasteiger partial charge in [0.05, 0.1) is 11.8 Å². The lowest BCUT2D eigenvalue weighted by Crippen LogP contribution is -2.06. The van der Waals surface area contributed by atoms with Crippen molar-refractivity contribution in [1.82, 2.24) is 9.78 Å². The van der Waals surface area contributed by atoms with E-state index in [-0.39, 0.29) is 12.6 Å². The van der Waals surface area contributed by atoms with Gasteiger partial charge >= 0.3 is 5.97 Å². The van der Waals surface area contributed by atoms with E-state index in [1.807, 2.05) is 0 Å². The van der Waals surface area contributed by atoms with Crippen LogP contribution < -0.4 is 0 Å². The van der Waals surface area contributed by atoms with Crippen molar-refractivity contribution in [3.05, 3.63) is 18.0 Å². The maximum Gasteiger partial charge on any atom is 0.342 e. The second-order valence-electron chi connectivity index (χ2n) is 3.85. The zero-order valence-corrected chi connectivity index (χ0v) is 9.86. The van der Waals surface area contributed by atoms with Crippen molar-refractivity contribution in [3.63, 3.8) is 0 Å². The number of rotatable bonds is 4. The van der Waals surface area contributed by atoms with Crippen molar-refractivity contribution in [1.29, 1.82) is 0 Å². The predicted octanol–water partition coefficient (Wildman–Crippen LogP) is 1.72. The molecule has 0 atom stereocenters. The molecule has 1 aromatic rings. The Labute approximate surface area is 95.6 Å². The number of esters is 1. The molecule has 0 radical (unpaired) electrons. The lowest BCUT2D eigenvalue weighted by atomic mass is 10.2. The number of nitrogens with zero attached hydrogens (tertiary/aromatic N) is 2. The highest BCUT2D eigenvalue weighted by Crippen LogP contribution is 2.03. The quantitative estimate of drug-likeness (QED) is 0.573. The summed E-state index contributed by atoms with van der Waals surface area (Å²) in [6.07, 6.45) is 3.21. The molecule has 0 aliphatic carbocycles. The molecule has 4 heteroatoms. The molecule has 16 heavy (non-hydrogen) atoms. The van der Waals surface area contributed by atoms with Crippen LogP contribution in [-0.2, 0) is 11.3 Å². The van der Waals surface area contributed by atoms with E-state index < -0.39 is 0 Å². The van der Waals surface area contributed by atoms with Crippen LogP contribution in [0.15, 0.2) is 12.4 Å². The van der Waals surface area contributed by atoms with E-state index >= 15 is 0 Å². The summed E-state index contributed by atoms with van der Waals surface area (Å²) < 4.78 is 6.66. The molecule has 0 saturated heterocycles. The van der Waals surface area contributed by atoms with E-state index in [0.29, 0.717) is 11.5 Å². The van der Waals surface area contributed by atoms with E-state index in [4.69, 9.17) is 4.74 Å². The SMILES string of the molecule is CC#CCOC(=O)c1cnn(CC(C)C)c1. The number of carbonyl (C=O) groups is 1. The van der Waals surface area contributed by atoms with Crippen molar-refractivity contribution in [2.24, 2.45) is 5.92 Å². The van der Waals surface area contributed by atoms with Crippen molar-refractivity contribution in [3.8, 4) is 11.8 Å². The minimum atomic E-state index is -0.377. The highest BCUT2D eigenvalue weighted by molar-refractivity contribution is 5.88. The molecule has 4 nitrogen and oxygen atoms in total. The lowest BCUT2D eigenvalue weighted by Gasteiger charge is -2.03. The van der Waals surface area contributed by atoms with Gasteiger partial charge in [-0.25, -0.2) is 4.79 Å². The average Bonchev–Trinajstić information content (AvgIpc) is 2.65. The molecule has 1 heterocycles. The molecule has 0 aliphatic heterocycles. The Kier molecular flexibility index (Phi) is 4.59. The molecule has 0 spiro atoms. The maximum absolute atomic E-state index is 11.5. The van der Waals surface area contributed by atoms with Crippen molar-refractivity contribution in [2.45, 2.75) is 27.3 Å². The maximum atomic E-state index is 11.5. The minimum absolute atomic E-state index is 0.130. The van der Waals surface area contributed by atoms with Gasteiger partial charge < -0.3 is 4.74 Å². The largest absolute Gasteiger partial charge is 0.449 e. The van der Waals surface area contributed by atoms with Gasteiger partial charge in [-0.05, 0) is 12.8 Å². The summed E-state index contributed by atoms with van der Waals surface area (Å²) in [6, 6.07) is 0. The number of hydrogen-bond acceptors (Lipinski definition) is 3. The van der Waals surface area contributed by atoms with Crippen LogP contribution in [0.4, 0.5) is 0 Å². The number of carbonyl (C=O) groups excluding carboxylic acids is 1. The summed E-state index contributed by atoms with van der Waals surface area (Å²) in [4.78, 5) is 11.5. The highest BCUT2D eigenvalue weighted by atomic mass is 16.5. The van der Waals surface area contributed by atoms with Gasteiger partial charge in [-0.15, -0.1) is 5.92 Å². The molecule has 86 valence electrons. The van der Waals surface area contributed by atoms with E-state index in [9.17, 15) is 4.79 Å². The van der Waals surface area contributed by atoms with Crippen LogP contribution in [-0.4, -0.2) is 22.4 Å². The van der Waals surface area contributed by atoms with Crippen molar-refractivity contribution in [2.75, 3.05) is 6.61 Å². The molecule has 1 rings (SSSR count). The third-order valence-corrected chi connectivity index (χ3v) is 1.87. The molecule has 0 bridgehead atoms. The summed E-state index contributed by atoms with van der Waals surface area (Å²) in [5.74, 6) is 5.44. The third-order valence-electron chi connectivity index (χ3n) is 1.87. The van der Waals surface area contributed by atoms with Gasteiger partial charge in [0.1, 0.15) is 0 Å². The van der Waals surface area contributed by atoms with Gasteiger partial charge in [0.25, 0.3) is 0 Å². The predicted molar refractivity (Wildman–Crippen MR) is 60.8 cm³/mol. The fourth-order valence-corrected chi connectivity index (χ4v) is 1.20. The van der Waals surface area contributed by atoms with Gasteiger partial charge in [-0.1, -0.05) is 19.8 Å². The summed E-state index contributed by atoms with van der Waals surface area (Å²) >= 11 is 0. The molecule has 0 saturated carbocycles. The normalized spacial score (nSPS) is 9.75. The van der Waals surface area contributed by atoms with Crippen LogP contribution in [0.3, 0.4) is 0 Å².